The molecule has 0 radical (unpaired) electrons. The van der Waals surface area contributed by atoms with E-state index in [0.29, 0.717) is 42.5 Å². The predicted molar refractivity (Wildman–Crippen MR) is 91.8 cm³/mol. The van der Waals surface area contributed by atoms with Crippen LogP contribution in [0.3, 0.4) is 0 Å². The summed E-state index contributed by atoms with van der Waals surface area (Å²) in [5, 5.41) is 7.17. The maximum Gasteiger partial charge on any atom is 0.322 e. The van der Waals surface area contributed by atoms with Gasteiger partial charge in [-0.15, -0.1) is 0 Å². The van der Waals surface area contributed by atoms with E-state index in [-0.39, 0.29) is 17.5 Å². The smallest absolute Gasteiger partial charge is 0.322 e. The highest BCUT2D eigenvalue weighted by Crippen LogP contribution is 2.40. The third-order valence-electron chi connectivity index (χ3n) is 3.85. The first-order valence-corrected chi connectivity index (χ1v) is 9.91. The summed E-state index contributed by atoms with van der Waals surface area (Å²) in [5.41, 5.74) is -0.354. The van der Waals surface area contributed by atoms with Crippen LogP contribution in [0.25, 0.3) is 10.8 Å². The summed E-state index contributed by atoms with van der Waals surface area (Å²) in [5.74, 6) is 0.906. The fourth-order valence-corrected chi connectivity index (χ4v) is 3.73. The van der Waals surface area contributed by atoms with Crippen LogP contribution in [0.2, 0.25) is 0 Å². The number of piperidine rings is 1. The number of anilines is 1. The molecular weight excluding hydrogens is 355 g/mol. The number of aromatic nitrogens is 3. The van der Waals surface area contributed by atoms with Gasteiger partial charge in [0.2, 0.25) is 5.88 Å². The van der Waals surface area contributed by atoms with Crippen molar-refractivity contribution in [3.63, 3.8) is 0 Å². The quantitative estimate of drug-likeness (QED) is 0.660. The zero-order valence-electron chi connectivity index (χ0n) is 12.9. The number of ether oxygens (including phenoxy) is 1. The SMILES string of the molecule is COc1nc(N2CCC(OP(O)(O)=S)CC2)cc2cn[nH]c(=O)c12. The van der Waals surface area contributed by atoms with E-state index in [4.69, 9.17) is 9.26 Å². The van der Waals surface area contributed by atoms with Crippen molar-refractivity contribution in [2.75, 3.05) is 25.1 Å². The molecule has 0 atom stereocenters. The Labute approximate surface area is 142 Å². The van der Waals surface area contributed by atoms with Gasteiger partial charge in [0.1, 0.15) is 11.2 Å². The van der Waals surface area contributed by atoms with E-state index < -0.39 is 6.72 Å². The molecular formula is C13H17N4O5PS. The zero-order valence-corrected chi connectivity index (χ0v) is 14.6. The standard InChI is InChI=1S/C13H17N4O5PS/c1-21-13-11-8(7-14-16-12(11)18)6-10(15-13)17-4-2-9(3-5-17)22-23(19,20)24/h6-7,9H,2-5H2,1H3,(H,16,18)(H2,19,20,24). The van der Waals surface area contributed by atoms with Gasteiger partial charge < -0.3 is 23.9 Å². The number of H-pyrrole nitrogens is 1. The summed E-state index contributed by atoms with van der Waals surface area (Å²) >= 11 is 4.50. The van der Waals surface area contributed by atoms with Crippen molar-refractivity contribution in [3.05, 3.63) is 22.6 Å². The van der Waals surface area contributed by atoms with E-state index in [9.17, 15) is 14.6 Å². The lowest BCUT2D eigenvalue weighted by Crippen LogP contribution is -2.37. The van der Waals surface area contributed by atoms with Crippen molar-refractivity contribution in [3.8, 4) is 5.88 Å². The Morgan fingerprint density at radius 2 is 2.12 bits per heavy atom. The normalized spacial score (nSPS) is 16.5. The van der Waals surface area contributed by atoms with Crippen LogP contribution < -0.4 is 15.2 Å². The molecule has 3 N–H and O–H groups in total. The molecule has 0 amide bonds. The number of hydrogen-bond acceptors (Lipinski definition) is 7. The van der Waals surface area contributed by atoms with Crippen molar-refractivity contribution in [2.45, 2.75) is 18.9 Å². The van der Waals surface area contributed by atoms with Crippen LogP contribution in [0.5, 0.6) is 5.88 Å². The van der Waals surface area contributed by atoms with E-state index in [0.717, 1.165) is 0 Å². The molecule has 24 heavy (non-hydrogen) atoms. The Morgan fingerprint density at radius 1 is 1.42 bits per heavy atom. The van der Waals surface area contributed by atoms with Crippen molar-refractivity contribution in [1.29, 1.82) is 0 Å². The molecule has 3 rings (SSSR count). The number of fused-ring (bicyclic) bond motifs is 1. The summed E-state index contributed by atoms with van der Waals surface area (Å²) in [6, 6.07) is 1.78. The second-order valence-electron chi connectivity index (χ2n) is 5.44. The first kappa shape index (κ1) is 17.2. The first-order valence-electron chi connectivity index (χ1n) is 7.28. The Balaban J connectivity index is 1.84. The number of nitrogens with one attached hydrogen (secondary N) is 1. The molecule has 0 spiro atoms. The molecule has 1 saturated heterocycles. The Morgan fingerprint density at radius 3 is 2.75 bits per heavy atom. The van der Waals surface area contributed by atoms with Gasteiger partial charge in [-0.3, -0.25) is 4.79 Å². The average molecular weight is 372 g/mol. The van der Waals surface area contributed by atoms with E-state index in [2.05, 4.69) is 27.0 Å². The topological polar surface area (TPSA) is 121 Å². The highest BCUT2D eigenvalue weighted by molar-refractivity contribution is 8.06. The molecule has 0 bridgehead atoms. The molecule has 1 fully saturated rings. The first-order chi connectivity index (χ1) is 11.4. The van der Waals surface area contributed by atoms with E-state index >= 15 is 0 Å². The molecule has 2 aromatic rings. The molecule has 3 heterocycles. The summed E-state index contributed by atoms with van der Waals surface area (Å²) in [4.78, 5) is 36.8. The van der Waals surface area contributed by atoms with E-state index in [1.54, 1.807) is 12.3 Å². The van der Waals surface area contributed by atoms with Gasteiger partial charge in [-0.1, -0.05) is 0 Å². The second kappa shape index (κ2) is 6.73. The van der Waals surface area contributed by atoms with Gasteiger partial charge in [-0.05, 0) is 30.7 Å². The van der Waals surface area contributed by atoms with Gasteiger partial charge in [-0.25, -0.2) is 5.10 Å². The van der Waals surface area contributed by atoms with Gasteiger partial charge in [0.25, 0.3) is 5.56 Å². The Hall–Kier alpha value is -1.58. The summed E-state index contributed by atoms with van der Waals surface area (Å²) in [7, 11) is 1.46. The number of methoxy groups -OCH3 is 1. The van der Waals surface area contributed by atoms with Crippen LogP contribution in [-0.4, -0.2) is 51.3 Å². The number of nitrogens with zero attached hydrogens (tertiary/aromatic N) is 3. The highest BCUT2D eigenvalue weighted by Gasteiger charge is 2.25. The molecule has 130 valence electrons. The molecule has 11 heteroatoms. The number of hydrogen-bond donors (Lipinski definition) is 3. The minimum absolute atomic E-state index is 0.241. The third kappa shape index (κ3) is 3.73. The zero-order chi connectivity index (χ0) is 17.3. The predicted octanol–water partition coefficient (Wildman–Crippen LogP) is 0.521. The highest BCUT2D eigenvalue weighted by atomic mass is 32.5. The molecule has 1 aliphatic heterocycles. The monoisotopic (exact) mass is 372 g/mol. The van der Waals surface area contributed by atoms with Crippen LogP contribution in [0, 0.1) is 0 Å². The molecule has 2 aromatic heterocycles. The average Bonchev–Trinajstić information content (AvgIpc) is 2.53. The molecule has 1 aliphatic rings. The fourth-order valence-electron chi connectivity index (χ4n) is 2.77. The van der Waals surface area contributed by atoms with Crippen LogP contribution >= 0.6 is 6.72 Å². The minimum atomic E-state index is -3.64. The number of pyridine rings is 1. The van der Waals surface area contributed by atoms with Crippen LogP contribution in [0.4, 0.5) is 5.82 Å². The van der Waals surface area contributed by atoms with Crippen molar-refractivity contribution < 1.29 is 19.0 Å². The van der Waals surface area contributed by atoms with Crippen molar-refractivity contribution >= 4 is 35.1 Å². The molecule has 0 saturated carbocycles. The minimum Gasteiger partial charge on any atom is -0.480 e. The lowest BCUT2D eigenvalue weighted by atomic mass is 10.1. The molecule has 0 unspecified atom stereocenters. The van der Waals surface area contributed by atoms with Gasteiger partial charge >= 0.3 is 6.72 Å². The number of aromatic amines is 1. The summed E-state index contributed by atoms with van der Waals surface area (Å²) < 4.78 is 10.3. The van der Waals surface area contributed by atoms with Crippen molar-refractivity contribution in [2.24, 2.45) is 0 Å². The lowest BCUT2D eigenvalue weighted by Gasteiger charge is -2.33. The van der Waals surface area contributed by atoms with Gasteiger partial charge in [0.05, 0.1) is 19.4 Å². The van der Waals surface area contributed by atoms with Crippen molar-refractivity contribution in [1.82, 2.24) is 15.2 Å². The summed E-state index contributed by atoms with van der Waals surface area (Å²) in [6.45, 7) is -2.43. The van der Waals surface area contributed by atoms with Gasteiger partial charge in [-0.2, -0.15) is 10.1 Å². The molecule has 9 nitrogen and oxygen atoms in total. The largest absolute Gasteiger partial charge is 0.480 e. The molecule has 0 aromatic carbocycles. The maximum absolute atomic E-state index is 11.9. The molecule has 0 aliphatic carbocycles. The van der Waals surface area contributed by atoms with Gasteiger partial charge in [0.15, 0.2) is 0 Å². The summed E-state index contributed by atoms with van der Waals surface area (Å²) in [6.07, 6.45) is 2.45. The lowest BCUT2D eigenvalue weighted by molar-refractivity contribution is 0.144. The third-order valence-corrected chi connectivity index (χ3v) is 4.68. The second-order valence-corrected chi connectivity index (χ2v) is 8.05. The van der Waals surface area contributed by atoms with Crippen LogP contribution in [0.1, 0.15) is 12.8 Å². The fraction of sp³-hybridized carbons (Fsp3) is 0.462. The van der Waals surface area contributed by atoms with Crippen LogP contribution in [-0.2, 0) is 16.3 Å². The van der Waals surface area contributed by atoms with E-state index in [1.807, 2.05) is 4.90 Å². The Kier molecular flexibility index (Phi) is 4.84. The maximum atomic E-state index is 11.9. The Bertz CT molecular complexity index is 846. The van der Waals surface area contributed by atoms with Gasteiger partial charge in [0, 0.05) is 18.5 Å². The number of rotatable bonds is 4. The van der Waals surface area contributed by atoms with E-state index in [1.165, 1.54) is 7.11 Å². The van der Waals surface area contributed by atoms with Crippen LogP contribution in [0.15, 0.2) is 17.1 Å².